The van der Waals surface area contributed by atoms with Gasteiger partial charge >= 0.3 is 12.2 Å². The number of rotatable bonds is 4. The lowest BCUT2D eigenvalue weighted by atomic mass is 10.1. The molecular weight excluding hydrogens is 364 g/mol. The van der Waals surface area contributed by atoms with Crippen molar-refractivity contribution >= 4 is 17.5 Å². The van der Waals surface area contributed by atoms with E-state index < -0.39 is 29.3 Å². The van der Waals surface area contributed by atoms with Gasteiger partial charge in [0.2, 0.25) is 0 Å². The zero-order valence-electron chi connectivity index (χ0n) is 14.3. The maximum atomic E-state index is 13.9. The van der Waals surface area contributed by atoms with Crippen molar-refractivity contribution < 1.29 is 22.4 Å². The van der Waals surface area contributed by atoms with Gasteiger partial charge in [0.05, 0.1) is 11.3 Å². The second kappa shape index (κ2) is 7.81. The van der Waals surface area contributed by atoms with Crippen LogP contribution < -0.4 is 16.0 Å². The normalized spacial score (nSPS) is 13.5. The van der Waals surface area contributed by atoms with E-state index in [2.05, 4.69) is 20.9 Å². The highest BCUT2D eigenvalue weighted by molar-refractivity contribution is 5.89. The molecule has 27 heavy (non-hydrogen) atoms. The van der Waals surface area contributed by atoms with Gasteiger partial charge in [-0.2, -0.15) is 13.2 Å². The molecule has 2 amide bonds. The molecule has 1 aliphatic heterocycles. The number of anilines is 2. The second-order valence-electron chi connectivity index (χ2n) is 6.14. The van der Waals surface area contributed by atoms with Crippen LogP contribution in [0.3, 0.4) is 0 Å². The molecule has 2 heterocycles. The van der Waals surface area contributed by atoms with Crippen molar-refractivity contribution in [3.8, 4) is 0 Å². The van der Waals surface area contributed by atoms with E-state index in [1.807, 2.05) is 12.1 Å². The molecule has 0 fully saturated rings. The first-order chi connectivity index (χ1) is 12.8. The predicted octanol–water partition coefficient (Wildman–Crippen LogP) is 3.96. The SMILES string of the molecule is O=C(NCCc1ccc2c(n1)NCCC2)Nc1cccc(C(F)(F)F)c1F. The number of nitrogens with zero attached hydrogens (tertiary/aromatic N) is 1. The van der Waals surface area contributed by atoms with Crippen molar-refractivity contribution in [2.45, 2.75) is 25.4 Å². The average Bonchev–Trinajstić information content (AvgIpc) is 2.62. The molecule has 0 saturated carbocycles. The molecule has 1 aliphatic rings. The molecule has 0 bridgehead atoms. The zero-order chi connectivity index (χ0) is 19.4. The molecule has 2 aromatic rings. The Kier molecular flexibility index (Phi) is 5.48. The van der Waals surface area contributed by atoms with Gasteiger partial charge in [0.15, 0.2) is 5.82 Å². The van der Waals surface area contributed by atoms with Gasteiger partial charge in [0.25, 0.3) is 0 Å². The summed E-state index contributed by atoms with van der Waals surface area (Å²) >= 11 is 0. The highest BCUT2D eigenvalue weighted by atomic mass is 19.4. The summed E-state index contributed by atoms with van der Waals surface area (Å²) in [5, 5.41) is 7.80. The van der Waals surface area contributed by atoms with Crippen molar-refractivity contribution in [1.82, 2.24) is 10.3 Å². The highest BCUT2D eigenvalue weighted by Crippen LogP contribution is 2.33. The first-order valence-electron chi connectivity index (χ1n) is 8.48. The maximum absolute atomic E-state index is 13.9. The summed E-state index contributed by atoms with van der Waals surface area (Å²) < 4.78 is 52.0. The van der Waals surface area contributed by atoms with Crippen LogP contribution in [0.25, 0.3) is 0 Å². The van der Waals surface area contributed by atoms with Gasteiger partial charge in [0, 0.05) is 25.2 Å². The maximum Gasteiger partial charge on any atom is 0.419 e. The van der Waals surface area contributed by atoms with Crippen molar-refractivity contribution in [2.24, 2.45) is 0 Å². The van der Waals surface area contributed by atoms with Gasteiger partial charge in [-0.3, -0.25) is 0 Å². The molecule has 0 spiro atoms. The Morgan fingerprint density at radius 2 is 2.04 bits per heavy atom. The van der Waals surface area contributed by atoms with E-state index in [9.17, 15) is 22.4 Å². The van der Waals surface area contributed by atoms with Gasteiger partial charge in [-0.1, -0.05) is 12.1 Å². The molecule has 1 aromatic heterocycles. The van der Waals surface area contributed by atoms with Gasteiger partial charge in [-0.25, -0.2) is 14.2 Å². The van der Waals surface area contributed by atoms with Crippen LogP contribution in [0, 0.1) is 5.82 Å². The number of benzene rings is 1. The summed E-state index contributed by atoms with van der Waals surface area (Å²) in [7, 11) is 0. The third kappa shape index (κ3) is 4.66. The minimum atomic E-state index is -4.83. The Labute approximate surface area is 153 Å². The predicted molar refractivity (Wildman–Crippen MR) is 93.2 cm³/mol. The molecule has 0 atom stereocenters. The van der Waals surface area contributed by atoms with E-state index in [0.717, 1.165) is 48.6 Å². The number of alkyl halides is 3. The van der Waals surface area contributed by atoms with Crippen molar-refractivity contribution in [3.63, 3.8) is 0 Å². The van der Waals surface area contributed by atoms with E-state index in [0.29, 0.717) is 12.5 Å². The first-order valence-corrected chi connectivity index (χ1v) is 8.48. The third-order valence-corrected chi connectivity index (χ3v) is 4.17. The van der Waals surface area contributed by atoms with Gasteiger partial charge < -0.3 is 16.0 Å². The second-order valence-corrected chi connectivity index (χ2v) is 6.14. The number of amides is 2. The number of aromatic nitrogens is 1. The summed E-state index contributed by atoms with van der Waals surface area (Å²) in [6.07, 6.45) is -2.36. The third-order valence-electron chi connectivity index (χ3n) is 4.17. The number of carbonyl (C=O) groups is 1. The van der Waals surface area contributed by atoms with Crippen LogP contribution in [0.15, 0.2) is 30.3 Å². The molecule has 3 N–H and O–H groups in total. The smallest absolute Gasteiger partial charge is 0.370 e. The number of fused-ring (bicyclic) bond motifs is 1. The summed E-state index contributed by atoms with van der Waals surface area (Å²) in [5.74, 6) is -0.670. The average molecular weight is 382 g/mol. The van der Waals surface area contributed by atoms with Crippen LogP contribution in [0.1, 0.15) is 23.2 Å². The Hall–Kier alpha value is -2.84. The number of aryl methyl sites for hydroxylation is 1. The van der Waals surface area contributed by atoms with E-state index in [1.165, 1.54) is 0 Å². The largest absolute Gasteiger partial charge is 0.419 e. The fourth-order valence-corrected chi connectivity index (χ4v) is 2.83. The van der Waals surface area contributed by atoms with Gasteiger partial charge in [-0.15, -0.1) is 0 Å². The summed E-state index contributed by atoms with van der Waals surface area (Å²) in [6.45, 7) is 1.07. The Morgan fingerprint density at radius 3 is 2.81 bits per heavy atom. The van der Waals surface area contributed by atoms with Crippen LogP contribution in [-0.2, 0) is 19.0 Å². The molecule has 0 unspecified atom stereocenters. The molecule has 5 nitrogen and oxygen atoms in total. The Bertz CT molecular complexity index is 839. The quantitative estimate of drug-likeness (QED) is 0.702. The molecule has 9 heteroatoms. The molecule has 144 valence electrons. The molecule has 0 radical (unpaired) electrons. The number of urea groups is 1. The van der Waals surface area contributed by atoms with Crippen LogP contribution in [-0.4, -0.2) is 24.1 Å². The van der Waals surface area contributed by atoms with Crippen LogP contribution in [0.4, 0.5) is 33.9 Å². The molecule has 0 saturated heterocycles. The monoisotopic (exact) mass is 382 g/mol. The van der Waals surface area contributed by atoms with Crippen LogP contribution in [0.2, 0.25) is 0 Å². The lowest BCUT2D eigenvalue weighted by Gasteiger charge is -2.17. The summed E-state index contributed by atoms with van der Waals surface area (Å²) in [6, 6.07) is 5.80. The van der Waals surface area contributed by atoms with E-state index in [1.54, 1.807) is 0 Å². The molecular formula is C18H18F4N4O. The number of nitrogens with one attached hydrogen (secondary N) is 3. The number of carbonyl (C=O) groups excluding carboxylic acids is 1. The van der Waals surface area contributed by atoms with Crippen molar-refractivity contribution in [2.75, 3.05) is 23.7 Å². The van der Waals surface area contributed by atoms with Gasteiger partial charge in [-0.05, 0) is 36.6 Å². The molecule has 0 aliphatic carbocycles. The standard InChI is InChI=1S/C18H18F4N4O/c19-15-13(18(20,21)22)4-1-5-14(15)26-17(27)24-10-8-12-7-6-11-3-2-9-23-16(11)25-12/h1,4-7H,2-3,8-10H2,(H,23,25)(H2,24,26,27). The first kappa shape index (κ1) is 18.9. The van der Waals surface area contributed by atoms with E-state index in [4.69, 9.17) is 0 Å². The van der Waals surface area contributed by atoms with Crippen molar-refractivity contribution in [1.29, 1.82) is 0 Å². The lowest BCUT2D eigenvalue weighted by molar-refractivity contribution is -0.139. The fourth-order valence-electron chi connectivity index (χ4n) is 2.83. The molecule has 1 aromatic carbocycles. The summed E-state index contributed by atoms with van der Waals surface area (Å²) in [4.78, 5) is 16.3. The molecule has 3 rings (SSSR count). The number of hydrogen-bond acceptors (Lipinski definition) is 3. The number of hydrogen-bond donors (Lipinski definition) is 3. The minimum absolute atomic E-state index is 0.207. The van der Waals surface area contributed by atoms with Crippen LogP contribution >= 0.6 is 0 Å². The fraction of sp³-hybridized carbons (Fsp3) is 0.333. The number of halogens is 4. The topological polar surface area (TPSA) is 66.0 Å². The zero-order valence-corrected chi connectivity index (χ0v) is 14.3. The highest BCUT2D eigenvalue weighted by Gasteiger charge is 2.35. The summed E-state index contributed by atoms with van der Waals surface area (Å²) in [5.41, 5.74) is -0.0334. The number of pyridine rings is 1. The Balaban J connectivity index is 1.55. The van der Waals surface area contributed by atoms with Crippen LogP contribution in [0.5, 0.6) is 0 Å². The van der Waals surface area contributed by atoms with E-state index in [-0.39, 0.29) is 6.54 Å². The van der Waals surface area contributed by atoms with Gasteiger partial charge in [0.1, 0.15) is 5.82 Å². The minimum Gasteiger partial charge on any atom is -0.370 e. The Morgan fingerprint density at radius 1 is 1.22 bits per heavy atom. The van der Waals surface area contributed by atoms with E-state index >= 15 is 0 Å². The lowest BCUT2D eigenvalue weighted by Crippen LogP contribution is -2.31. The van der Waals surface area contributed by atoms with Crippen molar-refractivity contribution in [3.05, 3.63) is 53.0 Å².